The number of carbonyl (C=O) groups excluding carboxylic acids is 1. The maximum absolute atomic E-state index is 11.8. The molecule has 3 nitrogen and oxygen atoms in total. The molecule has 2 heterocycles. The van der Waals surface area contributed by atoms with Gasteiger partial charge in [-0.05, 0) is 30.0 Å². The lowest BCUT2D eigenvalue weighted by Gasteiger charge is -2.04. The molecule has 1 amide bonds. The number of rotatable bonds is 1. The number of hydrogen-bond donors (Lipinski definition) is 0. The molecule has 16 heavy (non-hydrogen) atoms. The van der Waals surface area contributed by atoms with Gasteiger partial charge < -0.3 is 0 Å². The molecule has 0 aromatic carbocycles. The van der Waals surface area contributed by atoms with Crippen molar-refractivity contribution in [1.29, 1.82) is 0 Å². The maximum atomic E-state index is 11.8. The summed E-state index contributed by atoms with van der Waals surface area (Å²) in [5.74, 6) is -0.0184. The highest BCUT2D eigenvalue weighted by Gasteiger charge is 2.29. The molecule has 1 aliphatic rings. The predicted molar refractivity (Wildman–Crippen MR) is 71.0 cm³/mol. The summed E-state index contributed by atoms with van der Waals surface area (Å²) < 4.78 is 0.722. The first-order chi connectivity index (χ1) is 7.61. The Labute approximate surface area is 107 Å². The highest BCUT2D eigenvalue weighted by Crippen LogP contribution is 2.33. The van der Waals surface area contributed by atoms with Crippen LogP contribution in [0.1, 0.15) is 4.88 Å². The molecule has 84 valence electrons. The second-order valence-corrected chi connectivity index (χ2v) is 5.88. The molecule has 1 saturated heterocycles. The lowest BCUT2D eigenvalue weighted by molar-refractivity contribution is -0.121. The Kier molecular flexibility index (Phi) is 3.37. The lowest BCUT2D eigenvalue weighted by Crippen LogP contribution is -2.23. The summed E-state index contributed by atoms with van der Waals surface area (Å²) in [5.41, 5.74) is 0. The van der Waals surface area contributed by atoms with Crippen LogP contribution in [0.15, 0.2) is 22.0 Å². The average Bonchev–Trinajstić information content (AvgIpc) is 2.78. The maximum Gasteiger partial charge on any atom is 0.266 e. The van der Waals surface area contributed by atoms with Crippen molar-refractivity contribution >= 4 is 51.9 Å². The number of nitrogens with zero attached hydrogens (tertiary/aromatic N) is 2. The Bertz CT molecular complexity index is 493. The zero-order valence-electron chi connectivity index (χ0n) is 8.73. The van der Waals surface area contributed by atoms with Gasteiger partial charge >= 0.3 is 0 Å². The van der Waals surface area contributed by atoms with Gasteiger partial charge in [0.2, 0.25) is 0 Å². The molecule has 0 radical (unpaired) electrons. The average molecular weight is 273 g/mol. The summed E-state index contributed by atoms with van der Waals surface area (Å²) >= 11 is 8.66. The minimum atomic E-state index is -0.0184. The zero-order valence-corrected chi connectivity index (χ0v) is 11.1. The molecule has 0 aliphatic carbocycles. The minimum absolute atomic E-state index is 0.0184. The second-order valence-electron chi connectivity index (χ2n) is 3.12. The van der Waals surface area contributed by atoms with E-state index in [4.69, 9.17) is 11.6 Å². The van der Waals surface area contributed by atoms with Crippen LogP contribution in [0.4, 0.5) is 0 Å². The van der Waals surface area contributed by atoms with Crippen molar-refractivity contribution in [2.75, 3.05) is 14.1 Å². The van der Waals surface area contributed by atoms with Gasteiger partial charge in [0.1, 0.15) is 0 Å². The predicted octanol–water partition coefficient (Wildman–Crippen LogP) is 2.93. The summed E-state index contributed by atoms with van der Waals surface area (Å²) in [6.45, 7) is 0. The first-order valence-corrected chi connectivity index (χ1v) is 6.52. The summed E-state index contributed by atoms with van der Waals surface area (Å²) in [5, 5.41) is 0.721. The third-order valence-electron chi connectivity index (χ3n) is 2.06. The monoisotopic (exact) mass is 272 g/mol. The molecule has 1 aromatic heterocycles. The highest BCUT2D eigenvalue weighted by molar-refractivity contribution is 8.18. The van der Waals surface area contributed by atoms with E-state index in [1.165, 1.54) is 23.1 Å². The molecule has 6 heteroatoms. The van der Waals surface area contributed by atoms with Crippen LogP contribution in [-0.2, 0) is 4.79 Å². The third-order valence-corrected chi connectivity index (χ3v) is 4.39. The van der Waals surface area contributed by atoms with Crippen LogP contribution in [0, 0.1) is 0 Å². The molecule has 1 aromatic rings. The number of thioether (sulfide) groups is 1. The summed E-state index contributed by atoms with van der Waals surface area (Å²) in [6.07, 6.45) is 1.85. The topological polar surface area (TPSA) is 32.7 Å². The molecule has 0 bridgehead atoms. The number of hydrogen-bond acceptors (Lipinski definition) is 4. The number of amides is 1. The van der Waals surface area contributed by atoms with E-state index in [2.05, 4.69) is 4.99 Å². The Hall–Kier alpha value is -0.780. The number of likely N-dealkylation sites (N-methyl/N-ethyl adjacent to an activating group) is 1. The molecule has 2 rings (SSSR count). The fraction of sp³-hybridized carbons (Fsp3) is 0.200. The Morgan fingerprint density at radius 2 is 2.25 bits per heavy atom. The molecule has 1 aliphatic heterocycles. The van der Waals surface area contributed by atoms with Gasteiger partial charge in [0.25, 0.3) is 5.91 Å². The summed E-state index contributed by atoms with van der Waals surface area (Å²) in [4.78, 5) is 19.1. The zero-order chi connectivity index (χ0) is 11.7. The van der Waals surface area contributed by atoms with Gasteiger partial charge in [0.05, 0.1) is 9.24 Å². The number of carbonyl (C=O) groups is 1. The summed E-state index contributed by atoms with van der Waals surface area (Å²) in [6, 6.07) is 3.72. The van der Waals surface area contributed by atoms with E-state index in [1.807, 2.05) is 18.2 Å². The molecule has 1 fully saturated rings. The van der Waals surface area contributed by atoms with Crippen LogP contribution in [0.25, 0.3) is 6.08 Å². The molecular weight excluding hydrogens is 264 g/mol. The molecular formula is C10H9ClN2OS2. The standard InChI is InChI=1S/C10H9ClN2OS2/c1-12-10-13(2)9(14)7(16-10)5-6-3-4-8(11)15-6/h3-5H,1-2H3. The number of amidine groups is 1. The van der Waals surface area contributed by atoms with Crippen LogP contribution in [-0.4, -0.2) is 30.1 Å². The first-order valence-electron chi connectivity index (χ1n) is 4.51. The Balaban J connectivity index is 2.30. The van der Waals surface area contributed by atoms with Crippen molar-refractivity contribution in [2.45, 2.75) is 0 Å². The molecule has 0 N–H and O–H groups in total. The number of halogens is 1. The molecule has 0 spiro atoms. The first kappa shape index (κ1) is 11.7. The van der Waals surface area contributed by atoms with Crippen LogP contribution in [0.5, 0.6) is 0 Å². The van der Waals surface area contributed by atoms with Crippen molar-refractivity contribution in [3.8, 4) is 0 Å². The second kappa shape index (κ2) is 4.61. The normalized spacial score (nSPS) is 21.4. The largest absolute Gasteiger partial charge is 0.290 e. The quantitative estimate of drug-likeness (QED) is 0.737. The molecule has 0 saturated carbocycles. The molecule has 0 atom stereocenters. The van der Waals surface area contributed by atoms with Crippen LogP contribution in [0.3, 0.4) is 0 Å². The van der Waals surface area contributed by atoms with Crippen LogP contribution < -0.4 is 0 Å². The summed E-state index contributed by atoms with van der Waals surface area (Å²) in [7, 11) is 3.40. The smallest absolute Gasteiger partial charge is 0.266 e. The fourth-order valence-corrected chi connectivity index (χ4v) is 3.28. The van der Waals surface area contributed by atoms with E-state index >= 15 is 0 Å². The van der Waals surface area contributed by atoms with Crippen molar-refractivity contribution in [1.82, 2.24) is 4.90 Å². The Morgan fingerprint density at radius 3 is 2.75 bits per heavy atom. The van der Waals surface area contributed by atoms with E-state index in [0.717, 1.165) is 14.4 Å². The van der Waals surface area contributed by atoms with Gasteiger partial charge in [-0.2, -0.15) is 0 Å². The van der Waals surface area contributed by atoms with Gasteiger partial charge in [-0.15, -0.1) is 11.3 Å². The van der Waals surface area contributed by atoms with Crippen molar-refractivity contribution in [2.24, 2.45) is 4.99 Å². The van der Waals surface area contributed by atoms with Gasteiger partial charge in [0, 0.05) is 19.0 Å². The van der Waals surface area contributed by atoms with E-state index in [-0.39, 0.29) is 5.91 Å². The third kappa shape index (κ3) is 2.16. The van der Waals surface area contributed by atoms with Crippen molar-refractivity contribution < 1.29 is 4.79 Å². The lowest BCUT2D eigenvalue weighted by atomic mass is 10.4. The number of thiophene rings is 1. The van der Waals surface area contributed by atoms with Gasteiger partial charge in [-0.3, -0.25) is 14.7 Å². The SMILES string of the molecule is CN=C1SC(=Cc2ccc(Cl)s2)C(=O)N1C. The van der Waals surface area contributed by atoms with Crippen molar-refractivity contribution in [3.63, 3.8) is 0 Å². The van der Waals surface area contributed by atoms with Gasteiger partial charge in [0.15, 0.2) is 5.17 Å². The van der Waals surface area contributed by atoms with E-state index in [0.29, 0.717) is 4.91 Å². The molecule has 0 unspecified atom stereocenters. The van der Waals surface area contributed by atoms with E-state index in [9.17, 15) is 4.79 Å². The number of aliphatic imine (C=N–C) groups is 1. The fourth-order valence-electron chi connectivity index (χ4n) is 1.28. The highest BCUT2D eigenvalue weighted by atomic mass is 35.5. The van der Waals surface area contributed by atoms with Gasteiger partial charge in [-0.25, -0.2) is 0 Å². The van der Waals surface area contributed by atoms with Crippen LogP contribution in [0.2, 0.25) is 4.34 Å². The minimum Gasteiger partial charge on any atom is -0.290 e. The Morgan fingerprint density at radius 1 is 1.50 bits per heavy atom. The van der Waals surface area contributed by atoms with E-state index < -0.39 is 0 Å². The van der Waals surface area contributed by atoms with Crippen molar-refractivity contribution in [3.05, 3.63) is 26.3 Å². The van der Waals surface area contributed by atoms with Gasteiger partial charge in [-0.1, -0.05) is 11.6 Å². The van der Waals surface area contributed by atoms with Crippen LogP contribution >= 0.6 is 34.7 Å². The van der Waals surface area contributed by atoms with E-state index in [1.54, 1.807) is 19.0 Å².